The number of aliphatic imine (C=N–C) groups is 1. The standard InChI is InChI=1S/C22H18N4O3.BrH/c27-22(16-8-10-17(11-9-16)26(28)29)23-13-12-19-18-6-2-3-7-20(18)24-21(19)25-14-4-1-5-15-25;/h1-11,14-15,24H,12-13H2;1H. The fraction of sp³-hybridized carbons (Fsp3) is 0.0909. The lowest BCUT2D eigenvalue weighted by molar-refractivity contribution is -0.599. The number of nitro groups is 1. The van der Waals surface area contributed by atoms with Crippen LogP contribution < -0.4 is 9.67 Å². The van der Waals surface area contributed by atoms with E-state index in [1.807, 2.05) is 59.4 Å². The van der Waals surface area contributed by atoms with E-state index in [0.717, 1.165) is 22.3 Å². The predicted molar refractivity (Wildman–Crippen MR) is 118 cm³/mol. The highest BCUT2D eigenvalue weighted by Crippen LogP contribution is 2.23. The molecule has 2 aromatic carbocycles. The second-order valence-corrected chi connectivity index (χ2v) is 6.52. The summed E-state index contributed by atoms with van der Waals surface area (Å²) in [6.45, 7) is 0.318. The SMILES string of the molecule is Br.O=[N+]([O-])c1ccc(C([O-])=NCCc2c(-[n+]3ccccc3)[nH]c3ccccc23)cc1. The van der Waals surface area contributed by atoms with Gasteiger partial charge in [0.05, 0.1) is 22.9 Å². The first-order valence-corrected chi connectivity index (χ1v) is 9.16. The minimum atomic E-state index is -0.495. The maximum absolute atomic E-state index is 12.3. The number of benzene rings is 2. The zero-order valence-corrected chi connectivity index (χ0v) is 17.6. The van der Waals surface area contributed by atoms with Crippen LogP contribution in [0, 0.1) is 10.1 Å². The Balaban J connectivity index is 0.00000256. The summed E-state index contributed by atoms with van der Waals surface area (Å²) in [6.07, 6.45) is 4.51. The molecular formula is C22H19BrN4O3. The molecule has 1 N–H and O–H groups in total. The van der Waals surface area contributed by atoms with E-state index in [2.05, 4.69) is 9.98 Å². The minimum Gasteiger partial charge on any atom is -0.858 e. The van der Waals surface area contributed by atoms with Crippen LogP contribution in [0.5, 0.6) is 0 Å². The lowest BCUT2D eigenvalue weighted by atomic mass is 10.1. The molecule has 0 saturated carbocycles. The Kier molecular flexibility index (Phi) is 6.58. The number of nitro benzene ring substituents is 1. The normalized spacial score (nSPS) is 11.3. The predicted octanol–water partition coefficient (Wildman–Crippen LogP) is 3.28. The summed E-state index contributed by atoms with van der Waals surface area (Å²) in [7, 11) is 0. The van der Waals surface area contributed by atoms with Crippen LogP contribution in [0.25, 0.3) is 16.7 Å². The molecule has 0 bridgehead atoms. The number of nitrogens with zero attached hydrogens (tertiary/aromatic N) is 3. The van der Waals surface area contributed by atoms with Crippen molar-refractivity contribution in [3.63, 3.8) is 0 Å². The number of para-hydroxylation sites is 1. The van der Waals surface area contributed by atoms with Crippen molar-refractivity contribution in [3.05, 3.63) is 100 Å². The van der Waals surface area contributed by atoms with Gasteiger partial charge in [-0.25, -0.2) is 9.55 Å². The second-order valence-electron chi connectivity index (χ2n) is 6.52. The van der Waals surface area contributed by atoms with Crippen molar-refractivity contribution in [2.24, 2.45) is 4.99 Å². The van der Waals surface area contributed by atoms with Gasteiger partial charge in [-0.2, -0.15) is 0 Å². The molecule has 0 radical (unpaired) electrons. The first kappa shape index (κ1) is 21.2. The molecule has 7 nitrogen and oxygen atoms in total. The topological polar surface area (TPSA) is 98.2 Å². The smallest absolute Gasteiger partial charge is 0.288 e. The van der Waals surface area contributed by atoms with Gasteiger partial charge in [0.15, 0.2) is 0 Å². The van der Waals surface area contributed by atoms with Crippen molar-refractivity contribution in [2.75, 3.05) is 6.54 Å². The molecule has 0 aliphatic rings. The molecule has 4 rings (SSSR count). The Hall–Kier alpha value is -3.52. The molecular weight excluding hydrogens is 448 g/mol. The molecule has 0 amide bonds. The highest BCUT2D eigenvalue weighted by atomic mass is 79.9. The molecule has 8 heteroatoms. The summed E-state index contributed by atoms with van der Waals surface area (Å²) in [5.74, 6) is 0.568. The largest absolute Gasteiger partial charge is 0.858 e. The van der Waals surface area contributed by atoms with Crippen molar-refractivity contribution in [1.29, 1.82) is 0 Å². The summed E-state index contributed by atoms with van der Waals surface area (Å²) in [5, 5.41) is 24.2. The maximum atomic E-state index is 12.3. The number of H-pyrrole nitrogens is 1. The third-order valence-electron chi connectivity index (χ3n) is 4.71. The molecule has 0 aliphatic heterocycles. The Labute approximate surface area is 183 Å². The zero-order valence-electron chi connectivity index (χ0n) is 15.9. The number of halogens is 1. The molecule has 0 saturated heterocycles. The Morgan fingerprint density at radius 2 is 1.70 bits per heavy atom. The minimum absolute atomic E-state index is 0. The molecule has 152 valence electrons. The Bertz CT molecular complexity index is 1190. The van der Waals surface area contributed by atoms with Gasteiger partial charge in [0.2, 0.25) is 0 Å². The van der Waals surface area contributed by atoms with E-state index in [1.54, 1.807) is 0 Å². The number of fused-ring (bicyclic) bond motifs is 1. The summed E-state index contributed by atoms with van der Waals surface area (Å²) in [5.41, 5.74) is 2.39. The van der Waals surface area contributed by atoms with E-state index in [-0.39, 0.29) is 28.6 Å². The average Bonchev–Trinajstić information content (AvgIpc) is 3.13. The molecule has 0 fully saturated rings. The fourth-order valence-corrected chi connectivity index (χ4v) is 3.29. The van der Waals surface area contributed by atoms with Crippen molar-refractivity contribution in [1.82, 2.24) is 4.98 Å². The third kappa shape index (κ3) is 4.38. The fourth-order valence-electron chi connectivity index (χ4n) is 3.29. The van der Waals surface area contributed by atoms with Gasteiger partial charge in [0.25, 0.3) is 11.5 Å². The van der Waals surface area contributed by atoms with Gasteiger partial charge >= 0.3 is 0 Å². The number of aromatic nitrogens is 2. The second kappa shape index (κ2) is 9.32. The van der Waals surface area contributed by atoms with Gasteiger partial charge in [-0.05, 0) is 41.8 Å². The highest BCUT2D eigenvalue weighted by molar-refractivity contribution is 8.93. The summed E-state index contributed by atoms with van der Waals surface area (Å²) in [4.78, 5) is 17.8. The zero-order chi connectivity index (χ0) is 20.2. The summed E-state index contributed by atoms with van der Waals surface area (Å²) < 4.78 is 2.01. The van der Waals surface area contributed by atoms with Crippen LogP contribution in [0.15, 0.2) is 84.1 Å². The van der Waals surface area contributed by atoms with Crippen LogP contribution >= 0.6 is 17.0 Å². The molecule has 2 heterocycles. The first-order chi connectivity index (χ1) is 14.1. The molecule has 2 aromatic heterocycles. The summed E-state index contributed by atoms with van der Waals surface area (Å²) >= 11 is 0. The number of aromatic amines is 1. The van der Waals surface area contributed by atoms with Crippen LogP contribution in [0.3, 0.4) is 0 Å². The molecule has 0 unspecified atom stereocenters. The van der Waals surface area contributed by atoms with Crippen LogP contribution in [-0.2, 0) is 6.42 Å². The van der Waals surface area contributed by atoms with Crippen LogP contribution in [-0.4, -0.2) is 22.3 Å². The van der Waals surface area contributed by atoms with Gasteiger partial charge in [0.1, 0.15) is 5.52 Å². The van der Waals surface area contributed by atoms with Crippen molar-refractivity contribution < 1.29 is 14.6 Å². The van der Waals surface area contributed by atoms with Gasteiger partial charge in [0, 0.05) is 30.5 Å². The number of hydrogen-bond donors (Lipinski definition) is 1. The van der Waals surface area contributed by atoms with Crippen molar-refractivity contribution in [2.45, 2.75) is 6.42 Å². The average molecular weight is 467 g/mol. The maximum Gasteiger partial charge on any atom is 0.288 e. The van der Waals surface area contributed by atoms with Gasteiger partial charge in [-0.15, -0.1) is 17.0 Å². The number of pyridine rings is 1. The Morgan fingerprint density at radius 1 is 1.00 bits per heavy atom. The van der Waals surface area contributed by atoms with E-state index in [0.29, 0.717) is 18.5 Å². The molecule has 30 heavy (non-hydrogen) atoms. The van der Waals surface area contributed by atoms with Gasteiger partial charge in [-0.1, -0.05) is 24.3 Å². The molecule has 0 aliphatic carbocycles. The molecule has 0 atom stereocenters. The Morgan fingerprint density at radius 3 is 2.40 bits per heavy atom. The van der Waals surface area contributed by atoms with Crippen LogP contribution in [0.2, 0.25) is 0 Å². The lowest BCUT2D eigenvalue weighted by Gasteiger charge is -2.10. The van der Waals surface area contributed by atoms with Gasteiger partial charge in [-0.3, -0.25) is 10.1 Å². The van der Waals surface area contributed by atoms with Crippen LogP contribution in [0.4, 0.5) is 5.69 Å². The van der Waals surface area contributed by atoms with Gasteiger partial charge < -0.3 is 10.1 Å². The van der Waals surface area contributed by atoms with Crippen LogP contribution in [0.1, 0.15) is 11.1 Å². The van der Waals surface area contributed by atoms with E-state index >= 15 is 0 Å². The number of rotatable bonds is 6. The summed E-state index contributed by atoms with van der Waals surface area (Å²) in [6, 6.07) is 19.4. The molecule has 0 spiro atoms. The number of non-ortho nitro benzene ring substituents is 1. The monoisotopic (exact) mass is 466 g/mol. The number of hydrogen-bond acceptors (Lipinski definition) is 4. The van der Waals surface area contributed by atoms with E-state index in [1.165, 1.54) is 24.3 Å². The number of nitrogens with one attached hydrogen (secondary N) is 1. The first-order valence-electron chi connectivity index (χ1n) is 9.16. The lowest BCUT2D eigenvalue weighted by Crippen LogP contribution is -2.31. The molecule has 4 aromatic rings. The highest BCUT2D eigenvalue weighted by Gasteiger charge is 2.18. The third-order valence-corrected chi connectivity index (χ3v) is 4.71. The van der Waals surface area contributed by atoms with E-state index in [9.17, 15) is 15.2 Å². The van der Waals surface area contributed by atoms with Crippen molar-refractivity contribution in [3.8, 4) is 5.82 Å². The van der Waals surface area contributed by atoms with E-state index in [4.69, 9.17) is 0 Å². The van der Waals surface area contributed by atoms with E-state index < -0.39 is 4.92 Å². The van der Waals surface area contributed by atoms with Crippen molar-refractivity contribution >= 4 is 39.5 Å². The quantitative estimate of drug-likeness (QED) is 0.155.